The van der Waals surface area contributed by atoms with E-state index in [1.165, 1.54) is 0 Å². The van der Waals surface area contributed by atoms with Crippen molar-refractivity contribution in [2.24, 2.45) is 0 Å². The van der Waals surface area contributed by atoms with Gasteiger partial charge in [-0.2, -0.15) is 0 Å². The van der Waals surface area contributed by atoms with Gasteiger partial charge in [0, 0.05) is 6.54 Å². The molecule has 1 aromatic rings. The molecule has 2 rings (SSSR count). The summed E-state index contributed by atoms with van der Waals surface area (Å²) < 4.78 is 5.38. The maximum atomic E-state index is 12.2. The molecular weight excluding hydrogens is 332 g/mol. The largest absolute Gasteiger partial charge is 0.480 e. The van der Waals surface area contributed by atoms with Crippen LogP contribution in [0.25, 0.3) is 0 Å². The number of carbonyl (C=O) groups is 2. The topological polar surface area (TPSA) is 87.7 Å². The molecule has 1 fully saturated rings. The summed E-state index contributed by atoms with van der Waals surface area (Å²) in [4.78, 5) is 23.9. The lowest BCUT2D eigenvalue weighted by molar-refractivity contribution is -0.139. The normalized spacial score (nSPS) is 17.5. The van der Waals surface area contributed by atoms with Crippen LogP contribution < -0.4 is 10.6 Å². The number of benzene rings is 1. The van der Waals surface area contributed by atoms with Gasteiger partial charge >= 0.3 is 12.1 Å². The van der Waals surface area contributed by atoms with E-state index in [1.54, 1.807) is 0 Å². The first-order valence-corrected chi connectivity index (χ1v) is 9.20. The Labute approximate surface area is 155 Å². The number of alkyl carbamates (subject to hydrolysis) is 1. The third-order valence-electron chi connectivity index (χ3n) is 4.59. The van der Waals surface area contributed by atoms with Gasteiger partial charge in [0.25, 0.3) is 0 Å². The van der Waals surface area contributed by atoms with Gasteiger partial charge in [-0.05, 0) is 45.6 Å². The first-order valence-electron chi connectivity index (χ1n) is 9.20. The average molecular weight is 362 g/mol. The molecule has 1 atom stereocenters. The van der Waals surface area contributed by atoms with E-state index in [1.807, 2.05) is 51.1 Å². The van der Waals surface area contributed by atoms with E-state index in [0.29, 0.717) is 13.0 Å². The Balaban J connectivity index is 1.99. The summed E-state index contributed by atoms with van der Waals surface area (Å²) in [6.45, 7) is 5.89. The third-order valence-corrected chi connectivity index (χ3v) is 4.59. The number of rotatable bonds is 7. The molecule has 3 N–H and O–H groups in total. The molecule has 1 aliphatic rings. The summed E-state index contributed by atoms with van der Waals surface area (Å²) in [7, 11) is 0. The molecule has 6 heteroatoms. The highest BCUT2D eigenvalue weighted by molar-refractivity contribution is 5.74. The van der Waals surface area contributed by atoms with E-state index in [4.69, 9.17) is 4.74 Å². The first-order chi connectivity index (χ1) is 12.2. The molecule has 26 heavy (non-hydrogen) atoms. The monoisotopic (exact) mass is 362 g/mol. The summed E-state index contributed by atoms with van der Waals surface area (Å²) >= 11 is 0. The Morgan fingerprint density at radius 1 is 1.19 bits per heavy atom. The Hall–Kier alpha value is -2.08. The van der Waals surface area contributed by atoms with Crippen molar-refractivity contribution >= 4 is 12.1 Å². The van der Waals surface area contributed by atoms with Gasteiger partial charge in [0.05, 0.1) is 5.54 Å². The molecule has 0 heterocycles. The van der Waals surface area contributed by atoms with E-state index in [9.17, 15) is 14.7 Å². The Kier molecular flexibility index (Phi) is 6.64. The zero-order valence-electron chi connectivity index (χ0n) is 15.9. The molecule has 6 nitrogen and oxygen atoms in total. The zero-order chi connectivity index (χ0) is 19.2. The lowest BCUT2D eigenvalue weighted by atomic mass is 9.96. The second kappa shape index (κ2) is 8.54. The number of aliphatic carboxylic acids is 1. The number of carboxylic acid groups (broad SMARTS) is 1. The first kappa shape index (κ1) is 20.2. The third kappa shape index (κ3) is 6.33. The standard InChI is InChI=1S/C20H30N2O4/c1-19(2,3)26-18(25)22-20(11-7-8-12-20)14-21-16(17(23)24)13-15-9-5-4-6-10-15/h4-6,9-10,16,21H,7-8,11-14H2,1-3H3,(H,22,25)(H,23,24)/t16-/m0/s1. The van der Waals surface area contributed by atoms with Gasteiger partial charge in [-0.25, -0.2) is 4.79 Å². The van der Waals surface area contributed by atoms with Crippen LogP contribution >= 0.6 is 0 Å². The van der Waals surface area contributed by atoms with Crippen molar-refractivity contribution in [3.63, 3.8) is 0 Å². The SMILES string of the molecule is CC(C)(C)OC(=O)NC1(CN[C@@H](Cc2ccccc2)C(=O)O)CCCC1. The van der Waals surface area contributed by atoms with Crippen LogP contribution in [0.4, 0.5) is 4.79 Å². The van der Waals surface area contributed by atoms with Gasteiger partial charge < -0.3 is 20.5 Å². The molecular formula is C20H30N2O4. The highest BCUT2D eigenvalue weighted by Crippen LogP contribution is 2.29. The van der Waals surface area contributed by atoms with Crippen molar-refractivity contribution in [3.05, 3.63) is 35.9 Å². The summed E-state index contributed by atoms with van der Waals surface area (Å²) in [5, 5.41) is 15.7. The number of hydrogen-bond acceptors (Lipinski definition) is 4. The molecule has 144 valence electrons. The van der Waals surface area contributed by atoms with Gasteiger partial charge in [-0.1, -0.05) is 43.2 Å². The van der Waals surface area contributed by atoms with E-state index in [2.05, 4.69) is 10.6 Å². The molecule has 0 bridgehead atoms. The van der Waals surface area contributed by atoms with Gasteiger partial charge in [0.1, 0.15) is 11.6 Å². The molecule has 0 unspecified atom stereocenters. The highest BCUT2D eigenvalue weighted by Gasteiger charge is 2.37. The van der Waals surface area contributed by atoms with E-state index >= 15 is 0 Å². The van der Waals surface area contributed by atoms with Crippen LogP contribution in [0.1, 0.15) is 52.0 Å². The maximum absolute atomic E-state index is 12.2. The van der Waals surface area contributed by atoms with E-state index < -0.39 is 29.2 Å². The average Bonchev–Trinajstić information content (AvgIpc) is 2.98. The van der Waals surface area contributed by atoms with Crippen molar-refractivity contribution in [1.29, 1.82) is 0 Å². The Morgan fingerprint density at radius 3 is 2.35 bits per heavy atom. The lowest BCUT2D eigenvalue weighted by Crippen LogP contribution is -2.56. The second-order valence-electron chi connectivity index (χ2n) is 8.08. The molecule has 0 aliphatic heterocycles. The zero-order valence-corrected chi connectivity index (χ0v) is 15.9. The molecule has 1 aromatic carbocycles. The minimum atomic E-state index is -0.890. The van der Waals surface area contributed by atoms with Gasteiger partial charge in [-0.3, -0.25) is 4.79 Å². The lowest BCUT2D eigenvalue weighted by Gasteiger charge is -2.33. The number of ether oxygens (including phenoxy) is 1. The number of carbonyl (C=O) groups excluding carboxylic acids is 1. The van der Waals surface area contributed by atoms with E-state index in [0.717, 1.165) is 31.2 Å². The Morgan fingerprint density at radius 2 is 1.81 bits per heavy atom. The van der Waals surface area contributed by atoms with Crippen molar-refractivity contribution in [2.45, 2.75) is 70.1 Å². The molecule has 0 spiro atoms. The molecule has 1 amide bonds. The maximum Gasteiger partial charge on any atom is 0.408 e. The van der Waals surface area contributed by atoms with Crippen LogP contribution in [-0.4, -0.2) is 40.9 Å². The number of hydrogen-bond donors (Lipinski definition) is 3. The smallest absolute Gasteiger partial charge is 0.408 e. The van der Waals surface area contributed by atoms with Crippen molar-refractivity contribution in [1.82, 2.24) is 10.6 Å². The summed E-state index contributed by atoms with van der Waals surface area (Å²) in [6.07, 6.45) is 3.60. The highest BCUT2D eigenvalue weighted by atomic mass is 16.6. The van der Waals surface area contributed by atoms with Gasteiger partial charge in [0.15, 0.2) is 0 Å². The fourth-order valence-corrected chi connectivity index (χ4v) is 3.33. The molecule has 0 aromatic heterocycles. The molecule has 1 saturated carbocycles. The predicted octanol–water partition coefficient (Wildman–Crippen LogP) is 3.11. The number of nitrogens with one attached hydrogen (secondary N) is 2. The van der Waals surface area contributed by atoms with Crippen molar-refractivity contribution in [2.75, 3.05) is 6.54 Å². The molecule has 0 radical (unpaired) electrons. The minimum absolute atomic E-state index is 0.401. The van der Waals surface area contributed by atoms with Crippen LogP contribution in [0.3, 0.4) is 0 Å². The summed E-state index contributed by atoms with van der Waals surface area (Å²) in [6, 6.07) is 8.85. The fourth-order valence-electron chi connectivity index (χ4n) is 3.33. The van der Waals surface area contributed by atoms with Crippen molar-refractivity contribution in [3.8, 4) is 0 Å². The van der Waals surface area contributed by atoms with Crippen LogP contribution in [0, 0.1) is 0 Å². The fraction of sp³-hybridized carbons (Fsp3) is 0.600. The number of carboxylic acids is 1. The van der Waals surface area contributed by atoms with Crippen molar-refractivity contribution < 1.29 is 19.4 Å². The summed E-state index contributed by atoms with van der Waals surface area (Å²) in [5.74, 6) is -0.890. The van der Waals surface area contributed by atoms with Gasteiger partial charge in [0.2, 0.25) is 0 Å². The van der Waals surface area contributed by atoms with Crippen LogP contribution in [0.2, 0.25) is 0 Å². The van der Waals surface area contributed by atoms with Crippen LogP contribution in [0.5, 0.6) is 0 Å². The second-order valence-corrected chi connectivity index (χ2v) is 8.08. The molecule has 1 aliphatic carbocycles. The number of amides is 1. The van der Waals surface area contributed by atoms with Gasteiger partial charge in [-0.15, -0.1) is 0 Å². The Bertz CT molecular complexity index is 604. The van der Waals surface area contributed by atoms with Crippen LogP contribution in [-0.2, 0) is 16.0 Å². The van der Waals surface area contributed by atoms with E-state index in [-0.39, 0.29) is 0 Å². The van der Waals surface area contributed by atoms with Crippen LogP contribution in [0.15, 0.2) is 30.3 Å². The predicted molar refractivity (Wildman–Crippen MR) is 100 cm³/mol. The summed E-state index contributed by atoms with van der Waals surface area (Å²) in [5.41, 5.74) is -0.0472. The minimum Gasteiger partial charge on any atom is -0.480 e. The molecule has 0 saturated heterocycles. The quantitative estimate of drug-likeness (QED) is 0.694.